The first kappa shape index (κ1) is 17.1. The third-order valence-electron chi connectivity index (χ3n) is 4.80. The fourth-order valence-electron chi connectivity index (χ4n) is 3.30. The highest BCUT2D eigenvalue weighted by atomic mass is 35.5. The van der Waals surface area contributed by atoms with Gasteiger partial charge < -0.3 is 4.90 Å². The lowest BCUT2D eigenvalue weighted by Crippen LogP contribution is -2.47. The number of hydrogen-bond acceptors (Lipinski definition) is 4. The van der Waals surface area contributed by atoms with Crippen molar-refractivity contribution in [3.63, 3.8) is 0 Å². The predicted octanol–water partition coefficient (Wildman–Crippen LogP) is 3.42. The monoisotopic (exact) mass is 367 g/mol. The third-order valence-corrected chi connectivity index (χ3v) is 5.03. The lowest BCUT2D eigenvalue weighted by atomic mass is 10.2. The van der Waals surface area contributed by atoms with Gasteiger partial charge in [-0.05, 0) is 18.2 Å². The standard InChI is InChI=1S/C20H22ClN5/c21-18-7-4-8-19(15-18)25-12-9-24(10-13-25)11-14-26-16-20(22-23-26)17-5-2-1-3-6-17/h1-8,15-16H,9-14H2. The molecule has 0 saturated carbocycles. The van der Waals surface area contributed by atoms with Gasteiger partial charge in [0.2, 0.25) is 0 Å². The van der Waals surface area contributed by atoms with Crippen molar-refractivity contribution in [2.24, 2.45) is 0 Å². The molecule has 0 spiro atoms. The van der Waals surface area contributed by atoms with Gasteiger partial charge in [0.25, 0.3) is 0 Å². The van der Waals surface area contributed by atoms with Crippen LogP contribution in [0.4, 0.5) is 5.69 Å². The van der Waals surface area contributed by atoms with Crippen LogP contribution in [0.1, 0.15) is 0 Å². The average Bonchev–Trinajstić information content (AvgIpc) is 3.17. The smallest absolute Gasteiger partial charge is 0.113 e. The SMILES string of the molecule is Clc1cccc(N2CCN(CCn3cc(-c4ccccc4)nn3)CC2)c1. The summed E-state index contributed by atoms with van der Waals surface area (Å²) in [5.74, 6) is 0. The van der Waals surface area contributed by atoms with Gasteiger partial charge in [0.1, 0.15) is 5.69 Å². The summed E-state index contributed by atoms with van der Waals surface area (Å²) in [7, 11) is 0. The molecule has 5 nitrogen and oxygen atoms in total. The van der Waals surface area contributed by atoms with E-state index in [-0.39, 0.29) is 0 Å². The first-order valence-electron chi connectivity index (χ1n) is 8.96. The molecular weight excluding hydrogens is 346 g/mol. The molecule has 1 aliphatic heterocycles. The minimum atomic E-state index is 0.797. The molecule has 3 aromatic rings. The molecule has 0 bridgehead atoms. The van der Waals surface area contributed by atoms with E-state index in [1.807, 2.05) is 47.3 Å². The first-order valence-corrected chi connectivity index (χ1v) is 9.34. The summed E-state index contributed by atoms with van der Waals surface area (Å²) in [4.78, 5) is 4.87. The van der Waals surface area contributed by atoms with Crippen LogP contribution in [0.15, 0.2) is 60.8 Å². The van der Waals surface area contributed by atoms with E-state index in [1.165, 1.54) is 5.69 Å². The fourth-order valence-corrected chi connectivity index (χ4v) is 3.48. The second-order valence-electron chi connectivity index (χ2n) is 6.54. The summed E-state index contributed by atoms with van der Waals surface area (Å²) in [6.07, 6.45) is 2.03. The number of aromatic nitrogens is 3. The van der Waals surface area contributed by atoms with Crippen LogP contribution in [0.25, 0.3) is 11.3 Å². The fraction of sp³-hybridized carbons (Fsp3) is 0.300. The molecule has 26 heavy (non-hydrogen) atoms. The largest absolute Gasteiger partial charge is 0.369 e. The van der Waals surface area contributed by atoms with Crippen molar-refractivity contribution >= 4 is 17.3 Å². The molecule has 1 aliphatic rings. The second-order valence-corrected chi connectivity index (χ2v) is 6.98. The Morgan fingerprint density at radius 3 is 2.46 bits per heavy atom. The molecule has 0 unspecified atom stereocenters. The number of hydrogen-bond donors (Lipinski definition) is 0. The number of piperazine rings is 1. The lowest BCUT2D eigenvalue weighted by Gasteiger charge is -2.36. The molecule has 6 heteroatoms. The molecule has 1 fully saturated rings. The molecular formula is C20H22ClN5. The highest BCUT2D eigenvalue weighted by Gasteiger charge is 2.17. The van der Waals surface area contributed by atoms with E-state index in [2.05, 4.69) is 38.3 Å². The number of benzene rings is 2. The van der Waals surface area contributed by atoms with Crippen LogP contribution in [-0.2, 0) is 6.54 Å². The zero-order valence-electron chi connectivity index (χ0n) is 14.6. The van der Waals surface area contributed by atoms with Crippen LogP contribution in [0.3, 0.4) is 0 Å². The van der Waals surface area contributed by atoms with Crippen LogP contribution >= 0.6 is 11.6 Å². The van der Waals surface area contributed by atoms with Crippen LogP contribution in [0, 0.1) is 0 Å². The summed E-state index contributed by atoms with van der Waals surface area (Å²) in [5.41, 5.74) is 3.24. The molecule has 0 radical (unpaired) electrons. The third kappa shape index (κ3) is 4.06. The molecule has 0 aliphatic carbocycles. The van der Waals surface area contributed by atoms with E-state index < -0.39 is 0 Å². The Hall–Kier alpha value is -2.37. The quantitative estimate of drug-likeness (QED) is 0.692. The summed E-state index contributed by atoms with van der Waals surface area (Å²) >= 11 is 6.10. The van der Waals surface area contributed by atoms with Crippen molar-refractivity contribution in [3.8, 4) is 11.3 Å². The van der Waals surface area contributed by atoms with Crippen LogP contribution in [0.5, 0.6) is 0 Å². The first-order chi connectivity index (χ1) is 12.8. The van der Waals surface area contributed by atoms with Crippen molar-refractivity contribution < 1.29 is 0 Å². The summed E-state index contributed by atoms with van der Waals surface area (Å²) < 4.78 is 1.94. The normalized spacial score (nSPS) is 15.3. The summed E-state index contributed by atoms with van der Waals surface area (Å²) in [6.45, 7) is 5.98. The van der Waals surface area contributed by atoms with Gasteiger partial charge in [0.15, 0.2) is 0 Å². The van der Waals surface area contributed by atoms with E-state index in [4.69, 9.17) is 11.6 Å². The Morgan fingerprint density at radius 1 is 0.885 bits per heavy atom. The van der Waals surface area contributed by atoms with Crippen molar-refractivity contribution in [1.29, 1.82) is 0 Å². The van der Waals surface area contributed by atoms with E-state index in [0.29, 0.717) is 0 Å². The lowest BCUT2D eigenvalue weighted by molar-refractivity contribution is 0.244. The average molecular weight is 368 g/mol. The van der Waals surface area contributed by atoms with E-state index in [9.17, 15) is 0 Å². The van der Waals surface area contributed by atoms with Crippen molar-refractivity contribution in [1.82, 2.24) is 19.9 Å². The minimum Gasteiger partial charge on any atom is -0.369 e. The Balaban J connectivity index is 1.28. The van der Waals surface area contributed by atoms with E-state index >= 15 is 0 Å². The maximum atomic E-state index is 6.10. The van der Waals surface area contributed by atoms with Crippen molar-refractivity contribution in [3.05, 3.63) is 65.8 Å². The van der Waals surface area contributed by atoms with E-state index in [0.717, 1.165) is 55.5 Å². The van der Waals surface area contributed by atoms with Crippen LogP contribution in [0.2, 0.25) is 5.02 Å². The second kappa shape index (κ2) is 7.89. The Labute approximate surface area is 158 Å². The van der Waals surface area contributed by atoms with Gasteiger partial charge in [-0.3, -0.25) is 9.58 Å². The zero-order valence-corrected chi connectivity index (χ0v) is 15.4. The number of halogens is 1. The van der Waals surface area contributed by atoms with E-state index in [1.54, 1.807) is 0 Å². The predicted molar refractivity (Wildman–Crippen MR) is 106 cm³/mol. The number of nitrogens with zero attached hydrogens (tertiary/aromatic N) is 5. The molecule has 0 atom stereocenters. The highest BCUT2D eigenvalue weighted by Crippen LogP contribution is 2.21. The number of rotatable bonds is 5. The molecule has 1 saturated heterocycles. The van der Waals surface area contributed by atoms with Gasteiger partial charge in [-0.15, -0.1) is 5.10 Å². The Bertz CT molecular complexity index is 840. The highest BCUT2D eigenvalue weighted by molar-refractivity contribution is 6.30. The van der Waals surface area contributed by atoms with Crippen molar-refractivity contribution in [2.75, 3.05) is 37.6 Å². The van der Waals surface area contributed by atoms with Gasteiger partial charge in [0.05, 0.1) is 12.7 Å². The van der Waals surface area contributed by atoms with Gasteiger partial charge in [-0.2, -0.15) is 0 Å². The molecule has 134 valence electrons. The Kier molecular flexibility index (Phi) is 5.18. The Morgan fingerprint density at radius 2 is 1.69 bits per heavy atom. The molecule has 0 N–H and O–H groups in total. The van der Waals surface area contributed by atoms with Gasteiger partial charge >= 0.3 is 0 Å². The summed E-state index contributed by atoms with van der Waals surface area (Å²) in [5, 5.41) is 9.34. The number of anilines is 1. The molecule has 2 aromatic carbocycles. The summed E-state index contributed by atoms with van der Waals surface area (Å²) in [6, 6.07) is 18.3. The minimum absolute atomic E-state index is 0.797. The molecule has 1 aromatic heterocycles. The van der Waals surface area contributed by atoms with Crippen LogP contribution in [-0.4, -0.2) is 52.6 Å². The molecule has 2 heterocycles. The zero-order chi connectivity index (χ0) is 17.8. The van der Waals surface area contributed by atoms with Gasteiger partial charge in [-0.25, -0.2) is 0 Å². The van der Waals surface area contributed by atoms with Gasteiger partial charge in [-0.1, -0.05) is 53.2 Å². The maximum Gasteiger partial charge on any atom is 0.113 e. The van der Waals surface area contributed by atoms with Gasteiger partial charge in [0, 0.05) is 49.0 Å². The maximum absolute atomic E-state index is 6.10. The topological polar surface area (TPSA) is 37.2 Å². The molecule has 4 rings (SSSR count). The molecule has 0 amide bonds. The van der Waals surface area contributed by atoms with Crippen molar-refractivity contribution in [2.45, 2.75) is 6.54 Å². The van der Waals surface area contributed by atoms with Crippen LogP contribution < -0.4 is 4.90 Å².